The second-order valence-electron chi connectivity index (χ2n) is 4.25. The van der Waals surface area contributed by atoms with Gasteiger partial charge in [-0.25, -0.2) is 0 Å². The fraction of sp³-hybridized carbons (Fsp3) is 0.385. The van der Waals surface area contributed by atoms with Gasteiger partial charge in [0.05, 0.1) is 0 Å². The lowest BCUT2D eigenvalue weighted by Crippen LogP contribution is -2.12. The molecule has 0 amide bonds. The number of nitrogens with two attached hydrogens (primary N) is 1. The maximum atomic E-state index is 12.4. The van der Waals surface area contributed by atoms with Crippen LogP contribution in [-0.4, -0.2) is 27.9 Å². The summed E-state index contributed by atoms with van der Waals surface area (Å²) in [4.78, 5) is 0. The molecular formula is C13H16F2N4OS. The standard InChI is InChI=1S/C13H16F2N4OS/c1-9-17-18-13(19(9)7-6-16)21-8-10-4-2-3-5-11(10)20-12(14)15/h2-5,12H,6-8,16H2,1H3. The Labute approximate surface area is 125 Å². The molecule has 114 valence electrons. The fourth-order valence-electron chi connectivity index (χ4n) is 1.83. The number of ether oxygens (including phenoxy) is 1. The lowest BCUT2D eigenvalue weighted by molar-refractivity contribution is -0.0503. The number of nitrogens with zero attached hydrogens (tertiary/aromatic N) is 3. The van der Waals surface area contributed by atoms with Crippen LogP contribution in [0.15, 0.2) is 29.4 Å². The first-order valence-electron chi connectivity index (χ1n) is 6.37. The zero-order valence-corrected chi connectivity index (χ0v) is 12.3. The molecule has 1 aromatic carbocycles. The van der Waals surface area contributed by atoms with E-state index in [1.54, 1.807) is 18.2 Å². The van der Waals surface area contributed by atoms with Crippen molar-refractivity contribution in [1.29, 1.82) is 0 Å². The number of hydrogen-bond donors (Lipinski definition) is 1. The van der Waals surface area contributed by atoms with Crippen molar-refractivity contribution in [3.63, 3.8) is 0 Å². The molecule has 21 heavy (non-hydrogen) atoms. The normalized spacial score (nSPS) is 11.1. The van der Waals surface area contributed by atoms with Gasteiger partial charge in [0.25, 0.3) is 0 Å². The number of para-hydroxylation sites is 1. The summed E-state index contributed by atoms with van der Waals surface area (Å²) in [5, 5.41) is 8.79. The van der Waals surface area contributed by atoms with Crippen molar-refractivity contribution in [3.05, 3.63) is 35.7 Å². The van der Waals surface area contributed by atoms with E-state index < -0.39 is 6.61 Å². The van der Waals surface area contributed by atoms with Crippen LogP contribution in [0.3, 0.4) is 0 Å². The Morgan fingerprint density at radius 3 is 2.81 bits per heavy atom. The molecule has 0 saturated heterocycles. The van der Waals surface area contributed by atoms with E-state index >= 15 is 0 Å². The van der Waals surface area contributed by atoms with Crippen LogP contribution in [0.1, 0.15) is 11.4 Å². The van der Waals surface area contributed by atoms with Gasteiger partial charge in [0.2, 0.25) is 0 Å². The molecule has 8 heteroatoms. The van der Waals surface area contributed by atoms with Gasteiger partial charge in [0.15, 0.2) is 5.16 Å². The lowest BCUT2D eigenvalue weighted by Gasteiger charge is -2.10. The molecule has 2 N–H and O–H groups in total. The highest BCUT2D eigenvalue weighted by atomic mass is 32.2. The van der Waals surface area contributed by atoms with Gasteiger partial charge in [-0.15, -0.1) is 10.2 Å². The Balaban J connectivity index is 2.10. The van der Waals surface area contributed by atoms with Crippen LogP contribution in [-0.2, 0) is 12.3 Å². The van der Waals surface area contributed by atoms with Crippen molar-refractivity contribution < 1.29 is 13.5 Å². The number of aryl methyl sites for hydroxylation is 1. The van der Waals surface area contributed by atoms with Crippen LogP contribution in [0.25, 0.3) is 0 Å². The van der Waals surface area contributed by atoms with Crippen LogP contribution < -0.4 is 10.5 Å². The number of aromatic nitrogens is 3. The van der Waals surface area contributed by atoms with Crippen molar-refractivity contribution in [2.75, 3.05) is 6.54 Å². The first-order valence-corrected chi connectivity index (χ1v) is 7.35. The van der Waals surface area contributed by atoms with Gasteiger partial charge in [0.1, 0.15) is 11.6 Å². The minimum atomic E-state index is -2.83. The largest absolute Gasteiger partial charge is 0.435 e. The molecule has 2 rings (SSSR count). The maximum absolute atomic E-state index is 12.4. The molecule has 5 nitrogen and oxygen atoms in total. The topological polar surface area (TPSA) is 66.0 Å². The molecule has 2 aromatic rings. The minimum absolute atomic E-state index is 0.182. The second kappa shape index (κ2) is 7.37. The Kier molecular flexibility index (Phi) is 5.51. The fourth-order valence-corrected chi connectivity index (χ4v) is 2.83. The van der Waals surface area contributed by atoms with Crippen LogP contribution in [0.2, 0.25) is 0 Å². The van der Waals surface area contributed by atoms with E-state index in [0.29, 0.717) is 29.6 Å². The summed E-state index contributed by atoms with van der Waals surface area (Å²) in [5.74, 6) is 1.42. The highest BCUT2D eigenvalue weighted by Crippen LogP contribution is 2.28. The van der Waals surface area contributed by atoms with Crippen LogP contribution in [0.5, 0.6) is 5.75 Å². The summed E-state index contributed by atoms with van der Waals surface area (Å²) in [7, 11) is 0. The number of hydrogen-bond acceptors (Lipinski definition) is 5. The maximum Gasteiger partial charge on any atom is 0.387 e. The first kappa shape index (κ1) is 15.7. The third-order valence-corrected chi connectivity index (χ3v) is 3.82. The van der Waals surface area contributed by atoms with Gasteiger partial charge in [-0.1, -0.05) is 30.0 Å². The number of thioether (sulfide) groups is 1. The van der Waals surface area contributed by atoms with Crippen molar-refractivity contribution >= 4 is 11.8 Å². The number of halogens is 2. The van der Waals surface area contributed by atoms with E-state index in [2.05, 4.69) is 14.9 Å². The lowest BCUT2D eigenvalue weighted by atomic mass is 10.2. The van der Waals surface area contributed by atoms with E-state index in [1.165, 1.54) is 17.8 Å². The smallest absolute Gasteiger partial charge is 0.387 e. The third-order valence-electron chi connectivity index (χ3n) is 2.80. The van der Waals surface area contributed by atoms with Gasteiger partial charge >= 0.3 is 6.61 Å². The molecule has 1 aromatic heterocycles. The van der Waals surface area contributed by atoms with Crippen molar-refractivity contribution in [3.8, 4) is 5.75 Å². The molecule has 0 spiro atoms. The number of rotatable bonds is 7. The van der Waals surface area contributed by atoms with E-state index in [4.69, 9.17) is 5.73 Å². The minimum Gasteiger partial charge on any atom is -0.435 e. The van der Waals surface area contributed by atoms with Crippen molar-refractivity contribution in [1.82, 2.24) is 14.8 Å². The highest BCUT2D eigenvalue weighted by molar-refractivity contribution is 7.98. The molecule has 0 unspecified atom stereocenters. The van der Waals surface area contributed by atoms with Gasteiger partial charge < -0.3 is 15.0 Å². The molecule has 0 aliphatic heterocycles. The van der Waals surface area contributed by atoms with Crippen LogP contribution in [0, 0.1) is 6.92 Å². The molecule has 1 heterocycles. The van der Waals surface area contributed by atoms with Gasteiger partial charge in [-0.05, 0) is 13.0 Å². The van der Waals surface area contributed by atoms with Crippen LogP contribution in [0.4, 0.5) is 8.78 Å². The monoisotopic (exact) mass is 314 g/mol. The predicted octanol–water partition coefficient (Wildman–Crippen LogP) is 2.44. The summed E-state index contributed by atoms with van der Waals surface area (Å²) in [5.41, 5.74) is 6.24. The van der Waals surface area contributed by atoms with E-state index in [9.17, 15) is 8.78 Å². The zero-order chi connectivity index (χ0) is 15.2. The Hall–Kier alpha value is -1.67. The highest BCUT2D eigenvalue weighted by Gasteiger charge is 2.12. The van der Waals surface area contributed by atoms with Gasteiger partial charge in [0, 0.05) is 24.4 Å². The molecular weight excluding hydrogens is 298 g/mol. The van der Waals surface area contributed by atoms with Crippen molar-refractivity contribution in [2.45, 2.75) is 31.0 Å². The average Bonchev–Trinajstić information content (AvgIpc) is 2.79. The molecule has 0 radical (unpaired) electrons. The van der Waals surface area contributed by atoms with Gasteiger partial charge in [-0.3, -0.25) is 0 Å². The molecule has 0 aliphatic carbocycles. The third kappa shape index (κ3) is 4.15. The predicted molar refractivity (Wildman–Crippen MR) is 76.4 cm³/mol. The van der Waals surface area contributed by atoms with E-state index in [-0.39, 0.29) is 5.75 Å². The number of alkyl halides is 2. The first-order chi connectivity index (χ1) is 10.1. The molecule has 0 aliphatic rings. The van der Waals surface area contributed by atoms with E-state index in [0.717, 1.165) is 5.82 Å². The summed E-state index contributed by atoms with van der Waals surface area (Å²) in [6.07, 6.45) is 0. The Bertz CT molecular complexity index is 591. The average molecular weight is 314 g/mol. The van der Waals surface area contributed by atoms with Crippen molar-refractivity contribution in [2.24, 2.45) is 5.73 Å². The Morgan fingerprint density at radius 1 is 1.33 bits per heavy atom. The molecule has 0 saturated carbocycles. The zero-order valence-electron chi connectivity index (χ0n) is 11.5. The summed E-state index contributed by atoms with van der Waals surface area (Å²) >= 11 is 1.41. The summed E-state index contributed by atoms with van der Waals surface area (Å²) < 4.78 is 31.1. The quantitative estimate of drug-likeness (QED) is 0.795. The summed E-state index contributed by atoms with van der Waals surface area (Å²) in [6.45, 7) is 0.119. The summed E-state index contributed by atoms with van der Waals surface area (Å²) in [6, 6.07) is 6.72. The molecule has 0 fully saturated rings. The molecule has 0 bridgehead atoms. The molecule has 0 atom stereocenters. The SMILES string of the molecule is Cc1nnc(SCc2ccccc2OC(F)F)n1CCN. The van der Waals surface area contributed by atoms with Crippen LogP contribution >= 0.6 is 11.8 Å². The Morgan fingerprint density at radius 2 is 2.10 bits per heavy atom. The van der Waals surface area contributed by atoms with Gasteiger partial charge in [-0.2, -0.15) is 8.78 Å². The van der Waals surface area contributed by atoms with E-state index in [1.807, 2.05) is 11.5 Å². The number of benzene rings is 1. The second-order valence-corrected chi connectivity index (χ2v) is 5.19.